The molecule has 0 bridgehead atoms. The molecule has 1 fully saturated rings. The van der Waals surface area contributed by atoms with Crippen LogP contribution in [0.4, 0.5) is 15.9 Å². The normalized spacial score (nSPS) is 15.6. The maximum atomic E-state index is 11.9. The third-order valence-corrected chi connectivity index (χ3v) is 2.87. The van der Waals surface area contributed by atoms with Crippen LogP contribution in [0.1, 0.15) is 5.56 Å². The number of nitro groups is 1. The molecule has 0 spiro atoms. The summed E-state index contributed by atoms with van der Waals surface area (Å²) < 4.78 is 17.1. The summed E-state index contributed by atoms with van der Waals surface area (Å²) in [6, 6.07) is 1.61. The largest absolute Gasteiger partial charge is 0.372 e. The molecular formula is C11H14FN3O3. The van der Waals surface area contributed by atoms with Crippen molar-refractivity contribution in [3.05, 3.63) is 27.9 Å². The summed E-state index contributed by atoms with van der Waals surface area (Å²) in [5.74, 6) is 0.361. The van der Waals surface area contributed by atoms with E-state index in [1.165, 1.54) is 0 Å². The third-order valence-electron chi connectivity index (χ3n) is 2.87. The van der Waals surface area contributed by atoms with Gasteiger partial charge in [0.1, 0.15) is 6.67 Å². The molecule has 0 aromatic carbocycles. The average Bonchev–Trinajstić information content (AvgIpc) is 2.26. The highest BCUT2D eigenvalue weighted by Gasteiger charge is 2.33. The zero-order valence-corrected chi connectivity index (χ0v) is 10.0. The minimum absolute atomic E-state index is 0.0291. The van der Waals surface area contributed by atoms with Crippen LogP contribution in [0.3, 0.4) is 0 Å². The van der Waals surface area contributed by atoms with Gasteiger partial charge in [0, 0.05) is 24.8 Å². The minimum atomic E-state index is -0.515. The van der Waals surface area contributed by atoms with Crippen LogP contribution in [0, 0.1) is 17.0 Å². The van der Waals surface area contributed by atoms with Gasteiger partial charge >= 0.3 is 5.69 Å². The predicted octanol–water partition coefficient (Wildman–Crippen LogP) is 1.47. The van der Waals surface area contributed by atoms with E-state index in [-0.39, 0.29) is 18.4 Å². The number of aromatic nitrogens is 1. The van der Waals surface area contributed by atoms with Crippen molar-refractivity contribution in [2.75, 3.05) is 31.3 Å². The van der Waals surface area contributed by atoms with Crippen LogP contribution in [-0.4, -0.2) is 42.4 Å². The van der Waals surface area contributed by atoms with Crippen molar-refractivity contribution < 1.29 is 14.1 Å². The highest BCUT2D eigenvalue weighted by atomic mass is 19.1. The quantitative estimate of drug-likeness (QED) is 0.588. The first-order valence-electron chi connectivity index (χ1n) is 5.66. The summed E-state index contributed by atoms with van der Waals surface area (Å²) in [6.45, 7) is 2.26. The minimum Gasteiger partial charge on any atom is -0.372 e. The number of ether oxygens (including phenoxy) is 1. The van der Waals surface area contributed by atoms with Crippen LogP contribution in [0.2, 0.25) is 0 Å². The van der Waals surface area contributed by atoms with Gasteiger partial charge in [0.05, 0.1) is 17.6 Å². The van der Waals surface area contributed by atoms with E-state index < -0.39 is 11.6 Å². The number of aryl methyl sites for hydroxylation is 1. The fraction of sp³-hybridized carbons (Fsp3) is 0.545. The zero-order chi connectivity index (χ0) is 13.1. The Hall–Kier alpha value is -1.76. The number of rotatable bonds is 5. The number of halogens is 1. The van der Waals surface area contributed by atoms with Gasteiger partial charge in [0.25, 0.3) is 0 Å². The van der Waals surface area contributed by atoms with Crippen molar-refractivity contribution in [3.63, 3.8) is 0 Å². The van der Waals surface area contributed by atoms with Gasteiger partial charge in [0.15, 0.2) is 0 Å². The van der Waals surface area contributed by atoms with Crippen LogP contribution in [-0.2, 0) is 4.74 Å². The first-order chi connectivity index (χ1) is 8.63. The second-order valence-corrected chi connectivity index (χ2v) is 4.14. The first kappa shape index (κ1) is 12.7. The van der Waals surface area contributed by atoms with Crippen molar-refractivity contribution in [2.24, 2.45) is 0 Å². The third kappa shape index (κ3) is 2.40. The van der Waals surface area contributed by atoms with Crippen LogP contribution in [0.15, 0.2) is 12.3 Å². The molecule has 1 aromatic rings. The molecule has 2 heterocycles. The standard InChI is InChI=1S/C11H14FN3O3/c1-8-2-4-13-11(10(8)15(16)17)14-6-9(7-14)18-5-3-12/h2,4,9H,3,5-7H2,1H3. The maximum absolute atomic E-state index is 11.9. The van der Waals surface area contributed by atoms with Gasteiger partial charge < -0.3 is 9.64 Å². The van der Waals surface area contributed by atoms with Gasteiger partial charge in [-0.2, -0.15) is 0 Å². The van der Waals surface area contributed by atoms with Gasteiger partial charge in [0.2, 0.25) is 5.82 Å². The summed E-state index contributed by atoms with van der Waals surface area (Å²) >= 11 is 0. The Balaban J connectivity index is 2.07. The number of pyridine rings is 1. The van der Waals surface area contributed by atoms with Crippen molar-refractivity contribution in [3.8, 4) is 0 Å². The number of hydrogen-bond donors (Lipinski definition) is 0. The molecule has 7 heteroatoms. The molecule has 98 valence electrons. The highest BCUT2D eigenvalue weighted by molar-refractivity contribution is 5.62. The summed E-state index contributed by atoms with van der Waals surface area (Å²) in [5, 5.41) is 11.0. The second kappa shape index (κ2) is 5.26. The van der Waals surface area contributed by atoms with E-state index in [0.29, 0.717) is 24.5 Å². The lowest BCUT2D eigenvalue weighted by Crippen LogP contribution is -2.53. The van der Waals surface area contributed by atoms with E-state index in [1.807, 2.05) is 0 Å². The average molecular weight is 255 g/mol. The van der Waals surface area contributed by atoms with E-state index in [1.54, 1.807) is 24.1 Å². The molecule has 1 aliphatic rings. The van der Waals surface area contributed by atoms with Crippen LogP contribution in [0.5, 0.6) is 0 Å². The molecule has 0 N–H and O–H groups in total. The molecule has 0 atom stereocenters. The van der Waals surface area contributed by atoms with E-state index >= 15 is 0 Å². The Labute approximate surface area is 104 Å². The monoisotopic (exact) mass is 255 g/mol. The SMILES string of the molecule is Cc1ccnc(N2CC(OCCF)C2)c1[N+](=O)[O-]. The molecular weight excluding hydrogens is 241 g/mol. The fourth-order valence-electron chi connectivity index (χ4n) is 1.92. The topological polar surface area (TPSA) is 68.5 Å². The predicted molar refractivity (Wildman–Crippen MR) is 63.6 cm³/mol. The van der Waals surface area contributed by atoms with Gasteiger partial charge in [-0.05, 0) is 13.0 Å². The van der Waals surface area contributed by atoms with Gasteiger partial charge in [-0.1, -0.05) is 0 Å². The van der Waals surface area contributed by atoms with Crippen molar-refractivity contribution >= 4 is 11.5 Å². The van der Waals surface area contributed by atoms with Crippen molar-refractivity contribution in [1.29, 1.82) is 0 Å². The van der Waals surface area contributed by atoms with Crippen LogP contribution >= 0.6 is 0 Å². The van der Waals surface area contributed by atoms with Crippen molar-refractivity contribution in [2.45, 2.75) is 13.0 Å². The molecule has 1 aliphatic heterocycles. The van der Waals surface area contributed by atoms with E-state index in [9.17, 15) is 14.5 Å². The van der Waals surface area contributed by atoms with Crippen molar-refractivity contribution in [1.82, 2.24) is 4.98 Å². The van der Waals surface area contributed by atoms with E-state index in [4.69, 9.17) is 4.74 Å². The Morgan fingerprint density at radius 1 is 1.67 bits per heavy atom. The number of alkyl halides is 1. The van der Waals surface area contributed by atoms with E-state index in [2.05, 4.69) is 4.98 Å². The lowest BCUT2D eigenvalue weighted by Gasteiger charge is -2.39. The lowest BCUT2D eigenvalue weighted by atomic mass is 10.1. The molecule has 18 heavy (non-hydrogen) atoms. The Kier molecular flexibility index (Phi) is 3.71. The van der Waals surface area contributed by atoms with Gasteiger partial charge in [-0.25, -0.2) is 9.37 Å². The second-order valence-electron chi connectivity index (χ2n) is 4.14. The summed E-state index contributed by atoms with van der Waals surface area (Å²) in [6.07, 6.45) is 1.48. The summed E-state index contributed by atoms with van der Waals surface area (Å²) in [4.78, 5) is 16.4. The molecule has 1 aromatic heterocycles. The lowest BCUT2D eigenvalue weighted by molar-refractivity contribution is -0.385. The Morgan fingerprint density at radius 3 is 3.00 bits per heavy atom. The summed E-state index contributed by atoms with van der Waals surface area (Å²) in [5.41, 5.74) is 0.611. The molecule has 6 nitrogen and oxygen atoms in total. The molecule has 0 saturated carbocycles. The molecule has 2 rings (SSSR count). The van der Waals surface area contributed by atoms with E-state index in [0.717, 1.165) is 0 Å². The zero-order valence-electron chi connectivity index (χ0n) is 10.0. The Morgan fingerprint density at radius 2 is 2.39 bits per heavy atom. The fourth-order valence-corrected chi connectivity index (χ4v) is 1.92. The first-order valence-corrected chi connectivity index (χ1v) is 5.66. The smallest absolute Gasteiger partial charge is 0.314 e. The van der Waals surface area contributed by atoms with Crippen LogP contribution < -0.4 is 4.90 Å². The molecule has 0 amide bonds. The Bertz CT molecular complexity index is 449. The summed E-state index contributed by atoms with van der Waals surface area (Å²) in [7, 11) is 0. The number of anilines is 1. The highest BCUT2D eigenvalue weighted by Crippen LogP contribution is 2.32. The molecule has 0 radical (unpaired) electrons. The molecule has 1 saturated heterocycles. The number of nitrogens with zero attached hydrogens (tertiary/aromatic N) is 3. The molecule has 0 unspecified atom stereocenters. The van der Waals surface area contributed by atoms with Gasteiger partial charge in [-0.15, -0.1) is 0 Å². The molecule has 0 aliphatic carbocycles. The van der Waals surface area contributed by atoms with Crippen LogP contribution in [0.25, 0.3) is 0 Å². The maximum Gasteiger partial charge on any atom is 0.314 e. The van der Waals surface area contributed by atoms with Gasteiger partial charge in [-0.3, -0.25) is 10.1 Å². The number of hydrogen-bond acceptors (Lipinski definition) is 5.